The van der Waals surface area contributed by atoms with Crippen LogP contribution in [0.3, 0.4) is 0 Å². The molecule has 0 fully saturated rings. The predicted octanol–water partition coefficient (Wildman–Crippen LogP) is 1.39. The fourth-order valence-corrected chi connectivity index (χ4v) is 1.15. The van der Waals surface area contributed by atoms with Crippen molar-refractivity contribution in [2.45, 2.75) is 6.92 Å². The molecule has 1 aromatic carbocycles. The van der Waals surface area contributed by atoms with Crippen LogP contribution in [0.2, 0.25) is 0 Å². The van der Waals surface area contributed by atoms with Crippen LogP contribution >= 0.6 is 0 Å². The molecule has 0 amide bonds. The molecular weight excluding hydrogens is 190 g/mol. The summed E-state index contributed by atoms with van der Waals surface area (Å²) in [5.74, 6) is 0. The highest BCUT2D eigenvalue weighted by Crippen LogP contribution is 2.32. The van der Waals surface area contributed by atoms with Crippen LogP contribution in [-0.4, -0.2) is 9.85 Å². The molecule has 0 saturated carbocycles. The average molecular weight is 197 g/mol. The molecule has 0 bridgehead atoms. The third-order valence-corrected chi connectivity index (χ3v) is 1.81. The highest BCUT2D eigenvalue weighted by molar-refractivity contribution is 5.68. The van der Waals surface area contributed by atoms with Crippen molar-refractivity contribution in [3.63, 3.8) is 0 Å². The quantitative estimate of drug-likeness (QED) is 0.437. The van der Waals surface area contributed by atoms with Crippen LogP contribution in [0.25, 0.3) is 0 Å². The van der Waals surface area contributed by atoms with E-state index in [9.17, 15) is 20.2 Å². The molecule has 1 aromatic rings. The van der Waals surface area contributed by atoms with Crippen molar-refractivity contribution >= 4 is 17.1 Å². The standard InChI is InChI=1S/C7H7N3O4/c1-4-6(9(11)12)3-2-5(8)7(4)10(13)14/h2-3H,8H2,1H3. The van der Waals surface area contributed by atoms with Crippen LogP contribution in [0.1, 0.15) is 5.56 Å². The van der Waals surface area contributed by atoms with Gasteiger partial charge in [0.15, 0.2) is 0 Å². The van der Waals surface area contributed by atoms with E-state index in [0.29, 0.717) is 0 Å². The van der Waals surface area contributed by atoms with Gasteiger partial charge in [-0.3, -0.25) is 20.2 Å². The second-order valence-corrected chi connectivity index (χ2v) is 2.66. The summed E-state index contributed by atoms with van der Waals surface area (Å²) in [5, 5.41) is 21.0. The first-order valence-corrected chi connectivity index (χ1v) is 3.63. The summed E-state index contributed by atoms with van der Waals surface area (Å²) in [4.78, 5) is 19.6. The SMILES string of the molecule is Cc1c([N+](=O)[O-])ccc(N)c1[N+](=O)[O-]. The first kappa shape index (κ1) is 9.90. The Morgan fingerprint density at radius 3 is 2.21 bits per heavy atom. The van der Waals surface area contributed by atoms with Gasteiger partial charge in [-0.15, -0.1) is 0 Å². The number of nitrogen functional groups attached to an aromatic ring is 1. The summed E-state index contributed by atoms with van der Waals surface area (Å²) in [6, 6.07) is 2.31. The molecular formula is C7H7N3O4. The van der Waals surface area contributed by atoms with E-state index in [1.807, 2.05) is 0 Å². The van der Waals surface area contributed by atoms with Crippen LogP contribution in [0.5, 0.6) is 0 Å². The van der Waals surface area contributed by atoms with Crippen molar-refractivity contribution in [1.29, 1.82) is 0 Å². The number of nitro benzene ring substituents is 2. The second kappa shape index (κ2) is 3.29. The third kappa shape index (κ3) is 1.47. The van der Waals surface area contributed by atoms with E-state index < -0.39 is 15.5 Å². The van der Waals surface area contributed by atoms with Crippen molar-refractivity contribution in [1.82, 2.24) is 0 Å². The van der Waals surface area contributed by atoms with Crippen molar-refractivity contribution in [3.8, 4) is 0 Å². The Labute approximate surface area is 78.4 Å². The molecule has 0 unspecified atom stereocenters. The molecule has 14 heavy (non-hydrogen) atoms. The zero-order chi connectivity index (χ0) is 10.9. The average Bonchev–Trinajstić information content (AvgIpc) is 2.02. The highest BCUT2D eigenvalue weighted by atomic mass is 16.6. The van der Waals surface area contributed by atoms with Gasteiger partial charge in [0.05, 0.1) is 9.85 Å². The number of nitro groups is 2. The Bertz CT molecular complexity index is 416. The van der Waals surface area contributed by atoms with Gasteiger partial charge in [0.1, 0.15) is 11.3 Å². The Morgan fingerprint density at radius 2 is 1.79 bits per heavy atom. The number of benzene rings is 1. The summed E-state index contributed by atoms with van der Waals surface area (Å²) in [5.41, 5.74) is 4.52. The Morgan fingerprint density at radius 1 is 1.21 bits per heavy atom. The van der Waals surface area contributed by atoms with Gasteiger partial charge in [0, 0.05) is 6.07 Å². The van der Waals surface area contributed by atoms with E-state index >= 15 is 0 Å². The number of rotatable bonds is 2. The maximum Gasteiger partial charge on any atom is 0.301 e. The molecule has 0 aromatic heterocycles. The van der Waals surface area contributed by atoms with E-state index in [-0.39, 0.29) is 16.9 Å². The van der Waals surface area contributed by atoms with E-state index in [2.05, 4.69) is 0 Å². The maximum absolute atomic E-state index is 10.5. The zero-order valence-corrected chi connectivity index (χ0v) is 7.26. The minimum absolute atomic E-state index is 0.0278. The molecule has 0 atom stereocenters. The molecule has 0 aliphatic carbocycles. The molecule has 0 radical (unpaired) electrons. The monoisotopic (exact) mass is 197 g/mol. The van der Waals surface area contributed by atoms with Crippen LogP contribution in [0.4, 0.5) is 17.1 Å². The van der Waals surface area contributed by atoms with Crippen molar-refractivity contribution in [2.75, 3.05) is 5.73 Å². The van der Waals surface area contributed by atoms with Crippen LogP contribution in [-0.2, 0) is 0 Å². The van der Waals surface area contributed by atoms with Crippen LogP contribution in [0.15, 0.2) is 12.1 Å². The highest BCUT2D eigenvalue weighted by Gasteiger charge is 2.23. The summed E-state index contributed by atoms with van der Waals surface area (Å²) < 4.78 is 0. The summed E-state index contributed by atoms with van der Waals surface area (Å²) in [7, 11) is 0. The second-order valence-electron chi connectivity index (χ2n) is 2.66. The Kier molecular flexibility index (Phi) is 2.32. The van der Waals surface area contributed by atoms with Gasteiger partial charge in [-0.25, -0.2) is 0 Å². The predicted molar refractivity (Wildman–Crippen MR) is 48.9 cm³/mol. The third-order valence-electron chi connectivity index (χ3n) is 1.81. The van der Waals surface area contributed by atoms with Gasteiger partial charge in [-0.1, -0.05) is 0 Å². The molecule has 0 saturated heterocycles. The largest absolute Gasteiger partial charge is 0.393 e. The molecule has 0 aliphatic rings. The fraction of sp³-hybridized carbons (Fsp3) is 0.143. The van der Waals surface area contributed by atoms with Crippen LogP contribution in [0, 0.1) is 27.2 Å². The van der Waals surface area contributed by atoms with Gasteiger partial charge in [0.2, 0.25) is 0 Å². The summed E-state index contributed by atoms with van der Waals surface area (Å²) >= 11 is 0. The zero-order valence-electron chi connectivity index (χ0n) is 7.26. The number of anilines is 1. The maximum atomic E-state index is 10.5. The minimum atomic E-state index is -0.725. The molecule has 0 heterocycles. The van der Waals surface area contributed by atoms with Crippen molar-refractivity contribution in [3.05, 3.63) is 37.9 Å². The molecule has 74 valence electrons. The lowest BCUT2D eigenvalue weighted by atomic mass is 10.1. The summed E-state index contributed by atoms with van der Waals surface area (Å²) in [6.45, 7) is 1.30. The van der Waals surface area contributed by atoms with E-state index in [1.54, 1.807) is 0 Å². The molecule has 0 spiro atoms. The lowest BCUT2D eigenvalue weighted by Gasteiger charge is -2.00. The topological polar surface area (TPSA) is 112 Å². The number of nitrogens with two attached hydrogens (primary N) is 1. The van der Waals surface area contributed by atoms with E-state index in [4.69, 9.17) is 5.73 Å². The van der Waals surface area contributed by atoms with E-state index in [0.717, 1.165) is 12.1 Å². The fourth-order valence-electron chi connectivity index (χ4n) is 1.15. The lowest BCUT2D eigenvalue weighted by molar-refractivity contribution is -0.394. The van der Waals surface area contributed by atoms with Gasteiger partial charge in [0.25, 0.3) is 5.69 Å². The first-order valence-electron chi connectivity index (χ1n) is 3.63. The molecule has 7 nitrogen and oxygen atoms in total. The van der Waals surface area contributed by atoms with Gasteiger partial charge >= 0.3 is 5.69 Å². The van der Waals surface area contributed by atoms with Gasteiger partial charge in [-0.2, -0.15) is 0 Å². The Balaban J connectivity index is 3.49. The number of nitrogens with zero attached hydrogens (tertiary/aromatic N) is 2. The van der Waals surface area contributed by atoms with Crippen molar-refractivity contribution < 1.29 is 9.85 Å². The summed E-state index contributed by atoms with van der Waals surface area (Å²) in [6.07, 6.45) is 0. The van der Waals surface area contributed by atoms with Gasteiger partial charge < -0.3 is 5.73 Å². The normalized spacial score (nSPS) is 9.79. The molecule has 7 heteroatoms. The molecule has 2 N–H and O–H groups in total. The molecule has 1 rings (SSSR count). The minimum Gasteiger partial charge on any atom is -0.393 e. The van der Waals surface area contributed by atoms with Gasteiger partial charge in [-0.05, 0) is 13.0 Å². The number of hydrogen-bond donors (Lipinski definition) is 1. The Hall–Kier alpha value is -2.18. The van der Waals surface area contributed by atoms with Crippen LogP contribution < -0.4 is 5.73 Å². The smallest absolute Gasteiger partial charge is 0.301 e. The first-order chi connectivity index (χ1) is 6.45. The number of hydrogen-bond acceptors (Lipinski definition) is 5. The van der Waals surface area contributed by atoms with E-state index in [1.165, 1.54) is 6.92 Å². The lowest BCUT2D eigenvalue weighted by Crippen LogP contribution is -2.01. The molecule has 0 aliphatic heterocycles. The van der Waals surface area contributed by atoms with Crippen molar-refractivity contribution in [2.24, 2.45) is 0 Å².